The van der Waals surface area contributed by atoms with Gasteiger partial charge in [0.1, 0.15) is 0 Å². The van der Waals surface area contributed by atoms with Crippen LogP contribution in [0.25, 0.3) is 0 Å². The van der Waals surface area contributed by atoms with E-state index < -0.39 is 0 Å². The number of amides is 1. The van der Waals surface area contributed by atoms with Gasteiger partial charge in [-0.05, 0) is 43.4 Å². The number of nitriles is 1. The molecule has 1 amide bonds. The van der Waals surface area contributed by atoms with Crippen LogP contribution < -0.4 is 11.1 Å². The lowest BCUT2D eigenvalue weighted by molar-refractivity contribution is -0.126. The second kappa shape index (κ2) is 6.74. The summed E-state index contributed by atoms with van der Waals surface area (Å²) in [5, 5.41) is 12.2. The summed E-state index contributed by atoms with van der Waals surface area (Å²) in [7, 11) is 0. The number of carbonyl (C=O) groups is 1. The molecule has 1 aromatic rings. The first-order valence-corrected chi connectivity index (χ1v) is 7.19. The van der Waals surface area contributed by atoms with Gasteiger partial charge in [-0.25, -0.2) is 0 Å². The zero-order valence-corrected chi connectivity index (χ0v) is 12.0. The molecule has 5 heteroatoms. The predicted octanol–water partition coefficient (Wildman–Crippen LogP) is 2.35. The molecule has 1 saturated carbocycles. The number of nitrogens with one attached hydrogen (secondary N) is 1. The first-order valence-electron chi connectivity index (χ1n) is 6.82. The molecule has 1 aromatic carbocycles. The van der Waals surface area contributed by atoms with Gasteiger partial charge in [0.2, 0.25) is 5.91 Å². The Hall–Kier alpha value is -1.57. The molecular weight excluding hydrogens is 274 g/mol. The van der Waals surface area contributed by atoms with Crippen molar-refractivity contribution in [3.8, 4) is 6.07 Å². The Bertz CT molecular complexity index is 530. The van der Waals surface area contributed by atoms with Crippen LogP contribution in [0, 0.1) is 17.2 Å². The van der Waals surface area contributed by atoms with Gasteiger partial charge in [-0.15, -0.1) is 0 Å². The Morgan fingerprint density at radius 3 is 2.70 bits per heavy atom. The quantitative estimate of drug-likeness (QED) is 0.897. The standard InChI is InChI=1S/C15H18ClN3O/c16-14-7-10(8-17)1-2-12(14)9-19-15(20)11-3-5-13(18)6-4-11/h1-2,7,11,13H,3-6,9,18H2,(H,19,20). The molecule has 0 heterocycles. The van der Waals surface area contributed by atoms with Gasteiger partial charge < -0.3 is 11.1 Å². The topological polar surface area (TPSA) is 78.9 Å². The van der Waals surface area contributed by atoms with E-state index in [1.165, 1.54) is 0 Å². The van der Waals surface area contributed by atoms with Gasteiger partial charge in [0, 0.05) is 23.5 Å². The van der Waals surface area contributed by atoms with Gasteiger partial charge in [0.15, 0.2) is 0 Å². The zero-order valence-electron chi connectivity index (χ0n) is 11.2. The van der Waals surface area contributed by atoms with Gasteiger partial charge in [0.05, 0.1) is 11.6 Å². The molecular formula is C15H18ClN3O. The lowest BCUT2D eigenvalue weighted by Crippen LogP contribution is -2.36. The minimum absolute atomic E-state index is 0.0620. The summed E-state index contributed by atoms with van der Waals surface area (Å²) in [6.45, 7) is 0.395. The highest BCUT2D eigenvalue weighted by atomic mass is 35.5. The summed E-state index contributed by atoms with van der Waals surface area (Å²) in [5.41, 5.74) is 7.18. The summed E-state index contributed by atoms with van der Waals surface area (Å²) in [6.07, 6.45) is 3.54. The van der Waals surface area contributed by atoms with Crippen molar-refractivity contribution in [2.45, 2.75) is 38.3 Å². The fraction of sp³-hybridized carbons (Fsp3) is 0.467. The first kappa shape index (κ1) is 14.8. The van der Waals surface area contributed by atoms with Crippen LogP contribution in [0.5, 0.6) is 0 Å². The number of rotatable bonds is 3. The molecule has 0 aromatic heterocycles. The highest BCUT2D eigenvalue weighted by molar-refractivity contribution is 6.31. The maximum atomic E-state index is 12.1. The van der Waals surface area contributed by atoms with Gasteiger partial charge >= 0.3 is 0 Å². The minimum Gasteiger partial charge on any atom is -0.352 e. The molecule has 1 aliphatic carbocycles. The fourth-order valence-corrected chi connectivity index (χ4v) is 2.72. The third-order valence-corrected chi connectivity index (χ3v) is 4.13. The summed E-state index contributed by atoms with van der Waals surface area (Å²) in [5.74, 6) is 0.129. The van der Waals surface area contributed by atoms with Gasteiger partial charge in [0.25, 0.3) is 0 Å². The van der Waals surface area contributed by atoms with Crippen LogP contribution in [0.4, 0.5) is 0 Å². The second-order valence-corrected chi connectivity index (χ2v) is 5.65. The fourth-order valence-electron chi connectivity index (χ4n) is 2.47. The number of nitrogens with two attached hydrogens (primary N) is 1. The van der Waals surface area contributed by atoms with Gasteiger partial charge in [-0.2, -0.15) is 5.26 Å². The molecule has 0 unspecified atom stereocenters. The number of hydrogen-bond acceptors (Lipinski definition) is 3. The van der Waals surface area contributed by atoms with E-state index >= 15 is 0 Å². The predicted molar refractivity (Wildman–Crippen MR) is 77.9 cm³/mol. The van der Waals surface area contributed by atoms with E-state index in [2.05, 4.69) is 5.32 Å². The van der Waals surface area contributed by atoms with Crippen molar-refractivity contribution < 1.29 is 4.79 Å². The van der Waals surface area contributed by atoms with E-state index in [0.29, 0.717) is 17.1 Å². The highest BCUT2D eigenvalue weighted by Crippen LogP contribution is 2.23. The molecule has 106 valence electrons. The first-order chi connectivity index (χ1) is 9.60. The lowest BCUT2D eigenvalue weighted by Gasteiger charge is -2.25. The normalized spacial score (nSPS) is 22.1. The Kier molecular flexibility index (Phi) is 4.99. The maximum Gasteiger partial charge on any atom is 0.223 e. The van der Waals surface area contributed by atoms with Crippen LogP contribution in [0.15, 0.2) is 18.2 Å². The summed E-state index contributed by atoms with van der Waals surface area (Å²) in [6, 6.07) is 7.37. The number of nitrogens with zero attached hydrogens (tertiary/aromatic N) is 1. The number of carbonyl (C=O) groups excluding carboxylic acids is 1. The van der Waals surface area contributed by atoms with Crippen molar-refractivity contribution in [1.82, 2.24) is 5.32 Å². The van der Waals surface area contributed by atoms with Crippen molar-refractivity contribution in [2.75, 3.05) is 0 Å². The van der Waals surface area contributed by atoms with Crippen molar-refractivity contribution >= 4 is 17.5 Å². The SMILES string of the molecule is N#Cc1ccc(CNC(=O)C2CCC(N)CC2)c(Cl)c1. The lowest BCUT2D eigenvalue weighted by atomic mass is 9.86. The Morgan fingerprint density at radius 2 is 2.10 bits per heavy atom. The average Bonchev–Trinajstić information content (AvgIpc) is 2.46. The van der Waals surface area contributed by atoms with E-state index in [0.717, 1.165) is 31.2 Å². The van der Waals surface area contributed by atoms with Crippen LogP contribution in [0.3, 0.4) is 0 Å². The van der Waals surface area contributed by atoms with Crippen molar-refractivity contribution in [2.24, 2.45) is 11.7 Å². The van der Waals surface area contributed by atoms with Crippen molar-refractivity contribution in [3.05, 3.63) is 34.3 Å². The van der Waals surface area contributed by atoms with E-state index in [4.69, 9.17) is 22.6 Å². The van der Waals surface area contributed by atoms with Gasteiger partial charge in [-0.1, -0.05) is 17.7 Å². The molecule has 0 radical (unpaired) electrons. The third kappa shape index (κ3) is 3.72. The summed E-state index contributed by atoms with van der Waals surface area (Å²) >= 11 is 6.08. The smallest absolute Gasteiger partial charge is 0.223 e. The summed E-state index contributed by atoms with van der Waals surface area (Å²) in [4.78, 5) is 12.1. The average molecular weight is 292 g/mol. The number of hydrogen-bond donors (Lipinski definition) is 2. The third-order valence-electron chi connectivity index (χ3n) is 3.78. The molecule has 1 fully saturated rings. The van der Waals surface area contributed by atoms with Crippen LogP contribution in [-0.4, -0.2) is 11.9 Å². The molecule has 20 heavy (non-hydrogen) atoms. The molecule has 0 atom stereocenters. The number of benzene rings is 1. The monoisotopic (exact) mass is 291 g/mol. The highest BCUT2D eigenvalue weighted by Gasteiger charge is 2.24. The van der Waals surface area contributed by atoms with Crippen molar-refractivity contribution in [3.63, 3.8) is 0 Å². The van der Waals surface area contributed by atoms with Gasteiger partial charge in [-0.3, -0.25) is 4.79 Å². The Morgan fingerprint density at radius 1 is 1.40 bits per heavy atom. The van der Waals surface area contributed by atoms with E-state index in [1.807, 2.05) is 6.07 Å². The molecule has 4 nitrogen and oxygen atoms in total. The van der Waals surface area contributed by atoms with Crippen molar-refractivity contribution in [1.29, 1.82) is 5.26 Å². The minimum atomic E-state index is 0.0620. The molecule has 2 rings (SSSR count). The van der Waals surface area contributed by atoms with Crippen LogP contribution in [0.2, 0.25) is 5.02 Å². The molecule has 0 spiro atoms. The number of halogens is 1. The maximum absolute atomic E-state index is 12.1. The van der Waals surface area contributed by atoms with Crippen LogP contribution in [-0.2, 0) is 11.3 Å². The molecule has 0 bridgehead atoms. The van der Waals surface area contributed by atoms with Crippen LogP contribution >= 0.6 is 11.6 Å². The van der Waals surface area contributed by atoms with E-state index in [1.54, 1.807) is 18.2 Å². The Balaban J connectivity index is 1.89. The molecule has 0 aliphatic heterocycles. The van der Waals surface area contributed by atoms with Crippen LogP contribution in [0.1, 0.15) is 36.8 Å². The molecule has 1 aliphatic rings. The zero-order chi connectivity index (χ0) is 14.5. The molecule has 0 saturated heterocycles. The van der Waals surface area contributed by atoms with E-state index in [-0.39, 0.29) is 17.9 Å². The van der Waals surface area contributed by atoms with E-state index in [9.17, 15) is 4.79 Å². The largest absolute Gasteiger partial charge is 0.352 e. The second-order valence-electron chi connectivity index (χ2n) is 5.25. The molecule has 3 N–H and O–H groups in total. The Labute approximate surface area is 123 Å². The summed E-state index contributed by atoms with van der Waals surface area (Å²) < 4.78 is 0.